The van der Waals surface area contributed by atoms with Gasteiger partial charge in [0.15, 0.2) is 5.11 Å². The van der Waals surface area contributed by atoms with Gasteiger partial charge in [0.05, 0.1) is 23.8 Å². The van der Waals surface area contributed by atoms with Crippen LogP contribution in [0.25, 0.3) is 0 Å². The Morgan fingerprint density at radius 3 is 1.83 bits per heavy atom. The van der Waals surface area contributed by atoms with Gasteiger partial charge in [-0.05, 0) is 36.3 Å². The lowest BCUT2D eigenvalue weighted by atomic mass is 10.1. The maximum atomic E-state index is 12.8. The molecule has 3 nitrogen and oxygen atoms in total. The summed E-state index contributed by atoms with van der Waals surface area (Å²) in [6.07, 6.45) is -9.86. The number of benzene rings is 1. The van der Waals surface area contributed by atoms with E-state index in [1.165, 1.54) is 0 Å². The molecule has 0 fully saturated rings. The predicted molar refractivity (Wildman–Crippen MR) is 81.5 cm³/mol. The lowest BCUT2D eigenvalue weighted by molar-refractivity contribution is -0.143. The Bertz CT molecular complexity index is 553. The second-order valence-electron chi connectivity index (χ2n) is 5.43. The molecule has 1 aromatic carbocycles. The maximum absolute atomic E-state index is 12.8. The number of hydrogen-bond acceptors (Lipinski definition) is 2. The van der Waals surface area contributed by atoms with Gasteiger partial charge >= 0.3 is 12.4 Å². The molecule has 0 radical (unpaired) electrons. The molecule has 0 aliphatic rings. The second-order valence-corrected chi connectivity index (χ2v) is 5.83. The molecule has 1 rings (SSSR count). The van der Waals surface area contributed by atoms with Crippen LogP contribution in [0.4, 0.5) is 32.0 Å². The van der Waals surface area contributed by atoms with Crippen molar-refractivity contribution < 1.29 is 31.4 Å². The summed E-state index contributed by atoms with van der Waals surface area (Å²) in [7, 11) is 0. The van der Waals surface area contributed by atoms with Gasteiger partial charge in [0.2, 0.25) is 0 Å². The van der Waals surface area contributed by atoms with Gasteiger partial charge in [0.1, 0.15) is 0 Å². The van der Waals surface area contributed by atoms with Crippen LogP contribution in [0.2, 0.25) is 0 Å². The van der Waals surface area contributed by atoms with Crippen molar-refractivity contribution in [1.29, 1.82) is 0 Å². The molecule has 10 heteroatoms. The summed E-state index contributed by atoms with van der Waals surface area (Å²) in [5, 5.41) is 13.9. The quantitative estimate of drug-likeness (QED) is 0.550. The van der Waals surface area contributed by atoms with Gasteiger partial charge in [-0.15, -0.1) is 0 Å². The van der Waals surface area contributed by atoms with Crippen LogP contribution in [-0.4, -0.2) is 22.9 Å². The number of aliphatic hydroxyl groups is 1. The fraction of sp³-hybridized carbons (Fsp3) is 0.500. The molecule has 136 valence electrons. The average molecular weight is 374 g/mol. The first-order valence-electron chi connectivity index (χ1n) is 6.82. The first kappa shape index (κ1) is 20.5. The molecular weight excluding hydrogens is 358 g/mol. The summed E-state index contributed by atoms with van der Waals surface area (Å²) in [6.45, 7) is 3.24. The zero-order chi connectivity index (χ0) is 18.7. The van der Waals surface area contributed by atoms with Gasteiger partial charge in [-0.3, -0.25) is 0 Å². The van der Waals surface area contributed by atoms with Gasteiger partial charge in [-0.2, -0.15) is 26.3 Å². The van der Waals surface area contributed by atoms with Crippen molar-refractivity contribution in [2.75, 3.05) is 11.9 Å². The molecule has 0 saturated heterocycles. The Labute approximate surface area is 140 Å². The minimum absolute atomic E-state index is 0.0340. The average Bonchev–Trinajstić information content (AvgIpc) is 2.42. The van der Waals surface area contributed by atoms with Crippen LogP contribution in [0, 0.1) is 5.92 Å². The highest BCUT2D eigenvalue weighted by atomic mass is 32.1. The van der Waals surface area contributed by atoms with Gasteiger partial charge in [0, 0.05) is 5.69 Å². The fourth-order valence-electron chi connectivity index (χ4n) is 1.79. The Hall–Kier alpha value is -1.55. The van der Waals surface area contributed by atoms with E-state index in [0.29, 0.717) is 12.1 Å². The molecular formula is C14H16F6N2OS. The van der Waals surface area contributed by atoms with Crippen molar-refractivity contribution >= 4 is 23.0 Å². The Balaban J connectivity index is 3.08. The van der Waals surface area contributed by atoms with E-state index in [0.717, 1.165) is 0 Å². The minimum atomic E-state index is -4.93. The van der Waals surface area contributed by atoms with Gasteiger partial charge in [-0.1, -0.05) is 13.8 Å². The second kappa shape index (κ2) is 7.56. The molecule has 0 heterocycles. The highest BCUT2D eigenvalue weighted by molar-refractivity contribution is 7.80. The van der Waals surface area contributed by atoms with Crippen molar-refractivity contribution in [3.63, 3.8) is 0 Å². The van der Waals surface area contributed by atoms with E-state index in [1.807, 2.05) is 0 Å². The number of anilines is 1. The van der Waals surface area contributed by atoms with Crippen LogP contribution in [0.3, 0.4) is 0 Å². The topological polar surface area (TPSA) is 44.3 Å². The third-order valence-corrected chi connectivity index (χ3v) is 3.38. The van der Waals surface area contributed by atoms with Crippen molar-refractivity contribution in [2.24, 2.45) is 5.92 Å². The number of halogens is 6. The van der Waals surface area contributed by atoms with Crippen LogP contribution in [0.5, 0.6) is 0 Å². The summed E-state index contributed by atoms with van der Waals surface area (Å²) < 4.78 is 76.6. The Morgan fingerprint density at radius 2 is 1.50 bits per heavy atom. The van der Waals surface area contributed by atoms with Gasteiger partial charge in [-0.25, -0.2) is 0 Å². The van der Waals surface area contributed by atoms with Gasteiger partial charge in [0.25, 0.3) is 0 Å². The van der Waals surface area contributed by atoms with Crippen molar-refractivity contribution in [3.8, 4) is 0 Å². The normalized spacial score (nSPS) is 13.8. The predicted octanol–water partition coefficient (Wildman–Crippen LogP) is 4.03. The monoisotopic (exact) mass is 374 g/mol. The molecule has 0 aromatic heterocycles. The third kappa shape index (κ3) is 5.82. The lowest BCUT2D eigenvalue weighted by Gasteiger charge is -2.22. The maximum Gasteiger partial charge on any atom is 0.416 e. The molecule has 0 aliphatic carbocycles. The lowest BCUT2D eigenvalue weighted by Crippen LogP contribution is -2.43. The number of alkyl halides is 6. The zero-order valence-electron chi connectivity index (χ0n) is 12.7. The van der Waals surface area contributed by atoms with E-state index in [4.69, 9.17) is 17.3 Å². The minimum Gasteiger partial charge on any atom is -0.394 e. The zero-order valence-corrected chi connectivity index (χ0v) is 13.5. The van der Waals surface area contributed by atoms with Crippen LogP contribution >= 0.6 is 12.2 Å². The summed E-state index contributed by atoms with van der Waals surface area (Å²) in [4.78, 5) is 0. The molecule has 0 unspecified atom stereocenters. The van der Waals surface area contributed by atoms with Crippen molar-refractivity contribution in [1.82, 2.24) is 5.32 Å². The number of hydrogen-bond donors (Lipinski definition) is 3. The first-order chi connectivity index (χ1) is 10.8. The molecule has 0 spiro atoms. The van der Waals surface area contributed by atoms with E-state index >= 15 is 0 Å². The van der Waals surface area contributed by atoms with E-state index in [-0.39, 0.29) is 23.7 Å². The van der Waals surface area contributed by atoms with Crippen LogP contribution in [0.15, 0.2) is 18.2 Å². The Morgan fingerprint density at radius 1 is 1.04 bits per heavy atom. The molecule has 1 aromatic rings. The van der Waals surface area contributed by atoms with E-state index in [1.54, 1.807) is 13.8 Å². The summed E-state index contributed by atoms with van der Waals surface area (Å²) in [6, 6.07) is 0.615. The van der Waals surface area contributed by atoms with Gasteiger partial charge < -0.3 is 15.7 Å². The molecule has 24 heavy (non-hydrogen) atoms. The largest absolute Gasteiger partial charge is 0.416 e. The number of aliphatic hydroxyl groups excluding tert-OH is 1. The third-order valence-electron chi connectivity index (χ3n) is 3.16. The molecule has 0 amide bonds. The smallest absolute Gasteiger partial charge is 0.394 e. The van der Waals surface area contributed by atoms with Crippen LogP contribution in [-0.2, 0) is 12.4 Å². The Kier molecular flexibility index (Phi) is 6.45. The number of thiocarbonyl (C=S) groups is 1. The highest BCUT2D eigenvalue weighted by Crippen LogP contribution is 2.37. The van der Waals surface area contributed by atoms with Crippen LogP contribution in [0.1, 0.15) is 25.0 Å². The fourth-order valence-corrected chi connectivity index (χ4v) is 2.06. The summed E-state index contributed by atoms with van der Waals surface area (Å²) >= 11 is 4.88. The highest BCUT2D eigenvalue weighted by Gasteiger charge is 2.37. The molecule has 0 bridgehead atoms. The van der Waals surface area contributed by atoms with E-state index in [9.17, 15) is 26.3 Å². The van der Waals surface area contributed by atoms with Crippen LogP contribution < -0.4 is 10.6 Å². The van der Waals surface area contributed by atoms with E-state index < -0.39 is 35.2 Å². The number of rotatable bonds is 4. The molecule has 0 saturated carbocycles. The molecule has 3 N–H and O–H groups in total. The number of nitrogens with one attached hydrogen (secondary N) is 2. The van der Waals surface area contributed by atoms with Crippen molar-refractivity contribution in [3.05, 3.63) is 29.3 Å². The standard InChI is InChI=1S/C14H16F6N2OS/c1-7(2)11(6-23)22-12(24)21-10-4-8(13(15,16)17)3-9(5-10)14(18,19)20/h3-5,7,11,23H,6H2,1-2H3,(H2,21,22,24)/t11-/m1/s1. The SMILES string of the molecule is CC(C)[C@@H](CO)NC(=S)Nc1cc(C(F)(F)F)cc(C(F)(F)F)c1. The van der Waals surface area contributed by atoms with Crippen molar-refractivity contribution in [2.45, 2.75) is 32.2 Å². The van der Waals surface area contributed by atoms with E-state index in [2.05, 4.69) is 10.6 Å². The molecule has 1 atom stereocenters. The summed E-state index contributed by atoms with van der Waals surface area (Å²) in [5.74, 6) is -0.0537. The molecule has 0 aliphatic heterocycles. The first-order valence-corrected chi connectivity index (χ1v) is 7.23. The summed E-state index contributed by atoms with van der Waals surface area (Å²) in [5.41, 5.74) is -3.33.